The first kappa shape index (κ1) is 18.3. The van der Waals surface area contributed by atoms with E-state index in [9.17, 15) is 5.26 Å². The van der Waals surface area contributed by atoms with Crippen molar-refractivity contribution in [2.24, 2.45) is 0 Å². The van der Waals surface area contributed by atoms with Gasteiger partial charge in [0.2, 0.25) is 5.89 Å². The summed E-state index contributed by atoms with van der Waals surface area (Å²) in [6.45, 7) is 1.83. The maximum Gasteiger partial charge on any atom is 0.277 e. The molecule has 0 bridgehead atoms. The van der Waals surface area contributed by atoms with E-state index in [2.05, 4.69) is 21.4 Å². The molecule has 8 heteroatoms. The number of hydrogen-bond donors (Lipinski definition) is 0. The van der Waals surface area contributed by atoms with Gasteiger partial charge in [-0.05, 0) is 37.3 Å². The van der Waals surface area contributed by atoms with E-state index in [1.54, 1.807) is 16.8 Å². The number of benzene rings is 2. The molecule has 0 saturated carbocycles. The van der Waals surface area contributed by atoms with E-state index in [-0.39, 0.29) is 0 Å². The highest BCUT2D eigenvalue weighted by Gasteiger charge is 2.18. The van der Waals surface area contributed by atoms with Gasteiger partial charge in [-0.25, -0.2) is 4.68 Å². The van der Waals surface area contributed by atoms with Gasteiger partial charge in [-0.3, -0.25) is 0 Å². The van der Waals surface area contributed by atoms with Crippen LogP contribution in [0.3, 0.4) is 0 Å². The number of thioether (sulfide) groups is 1. The van der Waals surface area contributed by atoms with Gasteiger partial charge < -0.3 is 4.42 Å². The Morgan fingerprint density at radius 3 is 2.71 bits per heavy atom. The minimum atomic E-state index is 0.401. The summed E-state index contributed by atoms with van der Waals surface area (Å²) in [5.74, 6) is 0.869. The van der Waals surface area contributed by atoms with E-state index in [1.807, 2.05) is 49.4 Å². The molecule has 4 rings (SSSR count). The molecule has 0 aliphatic carbocycles. The van der Waals surface area contributed by atoms with Crippen LogP contribution in [0.4, 0.5) is 0 Å². The first-order chi connectivity index (χ1) is 13.7. The normalized spacial score (nSPS) is 10.8. The van der Waals surface area contributed by atoms with Crippen LogP contribution in [0, 0.1) is 18.3 Å². The van der Waals surface area contributed by atoms with E-state index >= 15 is 0 Å². The maximum absolute atomic E-state index is 9.56. The molecule has 0 amide bonds. The van der Waals surface area contributed by atoms with Crippen molar-refractivity contribution >= 4 is 23.4 Å². The van der Waals surface area contributed by atoms with Crippen molar-refractivity contribution in [3.8, 4) is 23.2 Å². The molecule has 4 aromatic rings. The Labute approximate surface area is 170 Å². The van der Waals surface area contributed by atoms with Gasteiger partial charge in [-0.2, -0.15) is 10.4 Å². The van der Waals surface area contributed by atoms with Gasteiger partial charge in [0.1, 0.15) is 6.07 Å². The van der Waals surface area contributed by atoms with Crippen LogP contribution < -0.4 is 0 Å². The van der Waals surface area contributed by atoms with Gasteiger partial charge in [0.05, 0.1) is 22.6 Å². The van der Waals surface area contributed by atoms with Crippen LogP contribution in [0.25, 0.3) is 17.1 Å². The predicted molar refractivity (Wildman–Crippen MR) is 107 cm³/mol. The Morgan fingerprint density at radius 2 is 1.96 bits per heavy atom. The van der Waals surface area contributed by atoms with Crippen LogP contribution in [0.1, 0.15) is 17.0 Å². The molecule has 2 aromatic carbocycles. The third kappa shape index (κ3) is 3.65. The number of aromatic nitrogens is 4. The van der Waals surface area contributed by atoms with Crippen LogP contribution in [-0.4, -0.2) is 20.0 Å². The summed E-state index contributed by atoms with van der Waals surface area (Å²) >= 11 is 7.38. The molecular weight excluding hydrogens is 394 g/mol. The minimum absolute atomic E-state index is 0.401. The summed E-state index contributed by atoms with van der Waals surface area (Å²) in [7, 11) is 0. The number of aryl methyl sites for hydroxylation is 1. The third-order valence-electron chi connectivity index (χ3n) is 4.08. The number of halogens is 1. The topological polar surface area (TPSA) is 80.5 Å². The zero-order valence-corrected chi connectivity index (χ0v) is 16.4. The van der Waals surface area contributed by atoms with E-state index < -0.39 is 0 Å². The standard InChI is InChI=1S/C20H14ClN5OS/c1-13-17(11-22)18(26(25-13)16-8-3-2-4-9-16)12-28-20-24-23-19(27-20)14-6-5-7-15(21)10-14/h2-10H,12H2,1H3. The summed E-state index contributed by atoms with van der Waals surface area (Å²) in [6.07, 6.45) is 0. The lowest BCUT2D eigenvalue weighted by Crippen LogP contribution is -2.02. The molecule has 0 radical (unpaired) electrons. The molecule has 0 spiro atoms. The second kappa shape index (κ2) is 7.89. The molecule has 138 valence electrons. The van der Waals surface area contributed by atoms with Crippen molar-refractivity contribution < 1.29 is 4.42 Å². The average Bonchev–Trinajstić information content (AvgIpc) is 3.31. The van der Waals surface area contributed by atoms with Gasteiger partial charge in [0, 0.05) is 16.3 Å². The number of hydrogen-bond acceptors (Lipinski definition) is 6. The third-order valence-corrected chi connectivity index (χ3v) is 5.14. The van der Waals surface area contributed by atoms with E-state index in [4.69, 9.17) is 16.0 Å². The SMILES string of the molecule is Cc1nn(-c2ccccc2)c(CSc2nnc(-c3cccc(Cl)c3)o2)c1C#N. The molecule has 2 aromatic heterocycles. The summed E-state index contributed by atoms with van der Waals surface area (Å²) in [5, 5.41) is 23.3. The highest BCUT2D eigenvalue weighted by atomic mass is 35.5. The van der Waals surface area contributed by atoms with Crippen LogP contribution in [0.15, 0.2) is 64.2 Å². The molecule has 28 heavy (non-hydrogen) atoms. The molecule has 0 unspecified atom stereocenters. The highest BCUT2D eigenvalue weighted by Crippen LogP contribution is 2.29. The molecule has 2 heterocycles. The molecule has 0 aliphatic rings. The molecule has 0 saturated heterocycles. The van der Waals surface area contributed by atoms with Crippen molar-refractivity contribution in [3.63, 3.8) is 0 Å². The van der Waals surface area contributed by atoms with E-state index in [0.717, 1.165) is 16.9 Å². The van der Waals surface area contributed by atoms with Crippen molar-refractivity contribution in [1.29, 1.82) is 5.26 Å². The minimum Gasteiger partial charge on any atom is -0.411 e. The fourth-order valence-corrected chi connectivity index (χ4v) is 3.73. The van der Waals surface area contributed by atoms with Gasteiger partial charge >= 0.3 is 0 Å². The van der Waals surface area contributed by atoms with Gasteiger partial charge in [0.25, 0.3) is 5.22 Å². The van der Waals surface area contributed by atoms with Crippen molar-refractivity contribution in [1.82, 2.24) is 20.0 Å². The Kier molecular flexibility index (Phi) is 5.15. The first-order valence-electron chi connectivity index (χ1n) is 8.42. The molecule has 6 nitrogen and oxygen atoms in total. The summed E-state index contributed by atoms with van der Waals surface area (Å²) in [6, 6.07) is 19.2. The molecular formula is C20H14ClN5OS. The Balaban J connectivity index is 1.60. The summed E-state index contributed by atoms with van der Waals surface area (Å²) in [4.78, 5) is 0. The van der Waals surface area contributed by atoms with Crippen LogP contribution in [0.2, 0.25) is 5.02 Å². The predicted octanol–water partition coefficient (Wildman–Crippen LogP) is 5.05. The van der Waals surface area contributed by atoms with E-state index in [1.165, 1.54) is 11.8 Å². The second-order valence-corrected chi connectivity index (χ2v) is 7.30. The maximum atomic E-state index is 9.56. The Bertz CT molecular complexity index is 1160. The molecule has 0 N–H and O–H groups in total. The summed E-state index contributed by atoms with van der Waals surface area (Å²) in [5.41, 5.74) is 3.69. The zero-order chi connectivity index (χ0) is 19.5. The largest absolute Gasteiger partial charge is 0.411 e. The van der Waals surface area contributed by atoms with Crippen molar-refractivity contribution in [3.05, 3.63) is 76.6 Å². The number of nitriles is 1. The molecule has 0 atom stereocenters. The second-order valence-electron chi connectivity index (χ2n) is 5.94. The van der Waals surface area contributed by atoms with Gasteiger partial charge in [0.15, 0.2) is 0 Å². The monoisotopic (exact) mass is 407 g/mol. The quantitative estimate of drug-likeness (QED) is 0.431. The Morgan fingerprint density at radius 1 is 1.14 bits per heavy atom. The van der Waals surface area contributed by atoms with Crippen LogP contribution in [-0.2, 0) is 5.75 Å². The van der Waals surface area contributed by atoms with Crippen LogP contribution in [0.5, 0.6) is 0 Å². The van der Waals surface area contributed by atoms with Gasteiger partial charge in [-0.1, -0.05) is 47.6 Å². The number of nitrogens with zero attached hydrogens (tertiary/aromatic N) is 5. The lowest BCUT2D eigenvalue weighted by atomic mass is 10.2. The van der Waals surface area contributed by atoms with Crippen LogP contribution >= 0.6 is 23.4 Å². The average molecular weight is 408 g/mol. The zero-order valence-electron chi connectivity index (χ0n) is 14.8. The highest BCUT2D eigenvalue weighted by molar-refractivity contribution is 7.98. The smallest absolute Gasteiger partial charge is 0.277 e. The van der Waals surface area contributed by atoms with Crippen molar-refractivity contribution in [2.75, 3.05) is 0 Å². The Hall–Kier alpha value is -3.08. The lowest BCUT2D eigenvalue weighted by Gasteiger charge is -2.06. The number of rotatable bonds is 5. The van der Waals surface area contributed by atoms with Gasteiger partial charge in [-0.15, -0.1) is 10.2 Å². The fraction of sp³-hybridized carbons (Fsp3) is 0.100. The number of para-hydroxylation sites is 1. The summed E-state index contributed by atoms with van der Waals surface area (Å²) < 4.78 is 7.53. The molecule has 0 aliphatic heterocycles. The molecule has 0 fully saturated rings. The van der Waals surface area contributed by atoms with E-state index in [0.29, 0.717) is 33.1 Å². The fourth-order valence-electron chi connectivity index (χ4n) is 2.77. The lowest BCUT2D eigenvalue weighted by molar-refractivity contribution is 0.465. The first-order valence-corrected chi connectivity index (χ1v) is 9.78. The van der Waals surface area contributed by atoms with Crippen molar-refractivity contribution in [2.45, 2.75) is 17.9 Å².